The van der Waals surface area contributed by atoms with Crippen LogP contribution in [0.2, 0.25) is 0 Å². The Labute approximate surface area is 247 Å². The average molecular weight is 600 g/mol. The van der Waals surface area contributed by atoms with Crippen LogP contribution in [0, 0.1) is 38.5 Å². The number of hydrogen-bond donors (Lipinski definition) is 0. The van der Waals surface area contributed by atoms with Crippen LogP contribution in [0.1, 0.15) is 62.3 Å². The monoisotopic (exact) mass is 600 g/mol. The molecule has 6 heteroatoms. The minimum atomic E-state index is -0.204. The SMILES string of the molecule is [CH2-]C(C)(C)N=[C-]C(C)C.[CH2-]C(C)N=[C-]C(C)C.[CH2-]CN=[C-]C(C)C.[Y].[Y].[Y]. The molecule has 0 aliphatic heterocycles. The van der Waals surface area contributed by atoms with Gasteiger partial charge in [-0.05, 0) is 0 Å². The quantitative estimate of drug-likeness (QED) is 0.288. The van der Waals surface area contributed by atoms with Crippen molar-refractivity contribution >= 4 is 18.6 Å². The van der Waals surface area contributed by atoms with Crippen LogP contribution in [0.4, 0.5) is 0 Å². The molecule has 1 unspecified atom stereocenters. The zero-order valence-corrected chi connectivity index (χ0v) is 27.7. The predicted octanol–water partition coefficient (Wildman–Crippen LogP) is 5.43. The van der Waals surface area contributed by atoms with E-state index in [0.717, 1.165) is 0 Å². The molecule has 27 heavy (non-hydrogen) atoms. The molecule has 153 valence electrons. The molecule has 0 N–H and O–H groups in total. The summed E-state index contributed by atoms with van der Waals surface area (Å²) in [6.45, 7) is 29.8. The molecule has 0 aliphatic carbocycles. The van der Waals surface area contributed by atoms with Gasteiger partial charge >= 0.3 is 0 Å². The Morgan fingerprint density at radius 2 is 1.15 bits per heavy atom. The van der Waals surface area contributed by atoms with Crippen molar-refractivity contribution in [2.24, 2.45) is 32.7 Å². The Morgan fingerprint density at radius 3 is 1.26 bits per heavy atom. The first-order valence-electron chi connectivity index (χ1n) is 8.64. The fourth-order valence-electron chi connectivity index (χ4n) is 0.827. The van der Waals surface area contributed by atoms with Crippen molar-refractivity contribution in [1.29, 1.82) is 0 Å². The number of hydrogen-bond acceptors (Lipinski definition) is 3. The molecule has 0 aromatic carbocycles. The molecule has 0 heterocycles. The van der Waals surface area contributed by atoms with E-state index in [0.29, 0.717) is 24.3 Å². The van der Waals surface area contributed by atoms with Gasteiger partial charge in [0.15, 0.2) is 0 Å². The first-order chi connectivity index (χ1) is 10.8. The van der Waals surface area contributed by atoms with Gasteiger partial charge in [-0.3, -0.25) is 0 Å². The molecule has 0 saturated carbocycles. The maximum absolute atomic E-state index is 4.09. The molecule has 0 rings (SSSR count). The fourth-order valence-corrected chi connectivity index (χ4v) is 0.827. The molecule has 0 aliphatic rings. The molecule has 3 nitrogen and oxygen atoms in total. The summed E-state index contributed by atoms with van der Waals surface area (Å²) in [7, 11) is 0. The Bertz CT molecular complexity index is 333. The molecule has 0 spiro atoms. The van der Waals surface area contributed by atoms with Gasteiger partial charge in [-0.25, -0.2) is 0 Å². The van der Waals surface area contributed by atoms with Crippen molar-refractivity contribution in [3.8, 4) is 0 Å². The molecule has 0 bridgehead atoms. The summed E-state index contributed by atoms with van der Waals surface area (Å²) >= 11 is 0. The van der Waals surface area contributed by atoms with E-state index in [1.165, 1.54) is 0 Å². The van der Waals surface area contributed by atoms with Crippen LogP contribution < -0.4 is 0 Å². The largest absolute Gasteiger partial charge is 0.533 e. The van der Waals surface area contributed by atoms with Gasteiger partial charge < -0.3 is 54.4 Å². The van der Waals surface area contributed by atoms with E-state index in [1.54, 1.807) is 0 Å². The van der Waals surface area contributed by atoms with E-state index in [9.17, 15) is 0 Å². The van der Waals surface area contributed by atoms with Crippen molar-refractivity contribution < 1.29 is 98.1 Å². The van der Waals surface area contributed by atoms with E-state index in [-0.39, 0.29) is 110 Å². The van der Waals surface area contributed by atoms with Gasteiger partial charge in [-0.2, -0.15) is 17.8 Å². The van der Waals surface area contributed by atoms with Crippen molar-refractivity contribution in [2.75, 3.05) is 6.54 Å². The van der Waals surface area contributed by atoms with Gasteiger partial charge in [0.2, 0.25) is 0 Å². The Kier molecular flexibility index (Phi) is 45.4. The predicted molar refractivity (Wildman–Crippen MR) is 111 cm³/mol. The van der Waals surface area contributed by atoms with Crippen LogP contribution in [0.5, 0.6) is 0 Å². The Morgan fingerprint density at radius 1 is 0.778 bits per heavy atom. The maximum atomic E-state index is 4.09. The molecule has 0 aromatic rings. The third kappa shape index (κ3) is 65.4. The van der Waals surface area contributed by atoms with Crippen molar-refractivity contribution in [1.82, 2.24) is 0 Å². The van der Waals surface area contributed by atoms with Gasteiger partial charge in [0.25, 0.3) is 0 Å². The van der Waals surface area contributed by atoms with E-state index in [4.69, 9.17) is 0 Å². The van der Waals surface area contributed by atoms with Crippen LogP contribution in [0.15, 0.2) is 15.0 Å². The molecular weight excluding hydrogens is 561 g/mol. The molecular formula is C21H39N3Y3-6. The summed E-state index contributed by atoms with van der Waals surface area (Å²) < 4.78 is 0. The first-order valence-corrected chi connectivity index (χ1v) is 8.64. The second kappa shape index (κ2) is 28.3. The van der Waals surface area contributed by atoms with Crippen LogP contribution in [-0.4, -0.2) is 36.8 Å². The van der Waals surface area contributed by atoms with E-state index >= 15 is 0 Å². The van der Waals surface area contributed by atoms with E-state index < -0.39 is 0 Å². The summed E-state index contributed by atoms with van der Waals surface area (Å²) in [5.74, 6) is 1.28. The van der Waals surface area contributed by atoms with Crippen LogP contribution in [0.3, 0.4) is 0 Å². The molecule has 0 aromatic heterocycles. The summed E-state index contributed by atoms with van der Waals surface area (Å²) in [6.07, 6.45) is 8.71. The molecule has 3 radical (unpaired) electrons. The third-order valence-electron chi connectivity index (χ3n) is 1.64. The topological polar surface area (TPSA) is 37.1 Å². The molecule has 0 amide bonds. The molecule has 1 atom stereocenters. The standard InChI is InChI=1S/C8H15N.C7H13N.C6H11N.3Y/c1-7(2)6-9-8(3,4)5;1-6(2)5-8-7(3)4;1-4-7-5-6(2)3;;;/h7H,3H2,1-2,4-5H3;6-7H,3H2,1-2,4H3;6H,1,4H2,2-3H3;;;/q3*-2;;;. The second-order valence-electron chi connectivity index (χ2n) is 7.14. The first kappa shape index (κ1) is 43.2. The van der Waals surface area contributed by atoms with Gasteiger partial charge in [-0.15, -0.1) is 18.1 Å². The van der Waals surface area contributed by atoms with Crippen molar-refractivity contribution in [3.63, 3.8) is 0 Å². The van der Waals surface area contributed by atoms with Crippen LogP contribution in [-0.2, 0) is 98.1 Å². The van der Waals surface area contributed by atoms with Crippen molar-refractivity contribution in [3.05, 3.63) is 20.8 Å². The minimum absolute atomic E-state index is 0. The van der Waals surface area contributed by atoms with Crippen LogP contribution in [0.25, 0.3) is 0 Å². The van der Waals surface area contributed by atoms with E-state index in [2.05, 4.69) is 68.2 Å². The van der Waals surface area contributed by atoms with Crippen LogP contribution >= 0.6 is 0 Å². The van der Waals surface area contributed by atoms with Gasteiger partial charge in [0.1, 0.15) is 0 Å². The minimum Gasteiger partial charge on any atom is -0.533 e. The zero-order valence-electron chi connectivity index (χ0n) is 19.2. The number of nitrogens with zero attached hydrogens (tertiary/aromatic N) is 3. The second-order valence-corrected chi connectivity index (χ2v) is 7.14. The summed E-state index contributed by atoms with van der Waals surface area (Å²) in [4.78, 5) is 11.9. The normalized spacial score (nSPS) is 12.1. The summed E-state index contributed by atoms with van der Waals surface area (Å²) in [5.41, 5.74) is -0.204. The van der Waals surface area contributed by atoms with Crippen molar-refractivity contribution in [2.45, 2.75) is 73.9 Å². The zero-order chi connectivity index (χ0) is 19.8. The average Bonchev–Trinajstić information content (AvgIpc) is 2.41. The van der Waals surface area contributed by atoms with Gasteiger partial charge in [0, 0.05) is 98.1 Å². The summed E-state index contributed by atoms with van der Waals surface area (Å²) in [6, 6.07) is 0.150. The number of rotatable bonds is 6. The maximum Gasteiger partial charge on any atom is 0 e. The smallest absolute Gasteiger partial charge is 0 e. The molecule has 0 fully saturated rings. The Hall–Kier alpha value is 2.32. The third-order valence-corrected chi connectivity index (χ3v) is 1.64. The van der Waals surface area contributed by atoms with Gasteiger partial charge in [-0.1, -0.05) is 62.3 Å². The molecule has 0 saturated heterocycles. The number of aliphatic imine (C=N–C) groups is 3. The van der Waals surface area contributed by atoms with E-state index in [1.807, 2.05) is 48.5 Å². The van der Waals surface area contributed by atoms with Gasteiger partial charge in [0.05, 0.1) is 0 Å². The summed E-state index contributed by atoms with van der Waals surface area (Å²) in [5, 5.41) is 0. The fraction of sp³-hybridized carbons (Fsp3) is 0.714. The Balaban J connectivity index is -0.0000000584.